The molecule has 1 aliphatic heterocycles. The van der Waals surface area contributed by atoms with Crippen molar-refractivity contribution in [1.29, 1.82) is 0 Å². The fraction of sp³-hybridized carbons (Fsp3) is 0.231. The predicted molar refractivity (Wildman–Crippen MR) is 124 cm³/mol. The van der Waals surface area contributed by atoms with Gasteiger partial charge >= 0.3 is 0 Å². The highest BCUT2D eigenvalue weighted by Crippen LogP contribution is 2.37. The Balaban J connectivity index is 1.56. The maximum Gasteiger partial charge on any atom is 0.132 e. The molecule has 1 fully saturated rings. The van der Waals surface area contributed by atoms with E-state index in [1.54, 1.807) is 12.1 Å². The van der Waals surface area contributed by atoms with Crippen molar-refractivity contribution in [3.05, 3.63) is 96.1 Å². The Hall–Kier alpha value is -3.35. The zero-order valence-corrected chi connectivity index (χ0v) is 17.8. The van der Waals surface area contributed by atoms with E-state index in [-0.39, 0.29) is 17.9 Å². The number of aromatic nitrogens is 3. The van der Waals surface area contributed by atoms with E-state index in [0.29, 0.717) is 11.3 Å². The number of piperidine rings is 1. The van der Waals surface area contributed by atoms with Gasteiger partial charge in [0.1, 0.15) is 5.82 Å². The summed E-state index contributed by atoms with van der Waals surface area (Å²) in [4.78, 5) is 7.15. The minimum Gasteiger partial charge on any atom is -0.328 e. The number of hydrogen-bond acceptors (Lipinski definition) is 4. The molecule has 4 aromatic rings. The molecule has 32 heavy (non-hydrogen) atoms. The number of hydrogen-bond donors (Lipinski definition) is 2. The van der Waals surface area contributed by atoms with Crippen LogP contribution >= 0.6 is 0 Å². The number of nitrogens with one attached hydrogen (secondary N) is 1. The Labute approximate surface area is 187 Å². The second-order valence-corrected chi connectivity index (χ2v) is 8.30. The molecule has 3 heterocycles. The van der Waals surface area contributed by atoms with Crippen LogP contribution in [0.4, 0.5) is 4.39 Å². The minimum atomic E-state index is -0.269. The maximum atomic E-state index is 14.6. The molecule has 0 aliphatic carbocycles. The van der Waals surface area contributed by atoms with Crippen LogP contribution in [0.5, 0.6) is 0 Å². The van der Waals surface area contributed by atoms with Crippen molar-refractivity contribution in [2.24, 2.45) is 5.73 Å². The van der Waals surface area contributed by atoms with E-state index in [0.717, 1.165) is 48.3 Å². The van der Waals surface area contributed by atoms with Crippen molar-refractivity contribution in [3.8, 4) is 22.5 Å². The van der Waals surface area contributed by atoms with Crippen LogP contribution in [0.3, 0.4) is 0 Å². The zero-order valence-electron chi connectivity index (χ0n) is 17.8. The van der Waals surface area contributed by atoms with Gasteiger partial charge in [0.2, 0.25) is 0 Å². The first-order chi connectivity index (χ1) is 15.7. The Morgan fingerprint density at radius 1 is 0.938 bits per heavy atom. The number of halogens is 1. The normalized spacial score (nSPS) is 16.2. The maximum absolute atomic E-state index is 14.6. The first-order valence-corrected chi connectivity index (χ1v) is 11.0. The van der Waals surface area contributed by atoms with Crippen LogP contribution in [0.25, 0.3) is 22.5 Å². The molecule has 6 heteroatoms. The van der Waals surface area contributed by atoms with Crippen molar-refractivity contribution >= 4 is 0 Å². The summed E-state index contributed by atoms with van der Waals surface area (Å²) >= 11 is 0. The van der Waals surface area contributed by atoms with E-state index in [9.17, 15) is 4.39 Å². The molecule has 162 valence electrons. The number of pyridine rings is 1. The van der Waals surface area contributed by atoms with E-state index < -0.39 is 0 Å². The Kier molecular flexibility index (Phi) is 5.79. The molecular weight excluding hydrogens is 401 g/mol. The fourth-order valence-electron chi connectivity index (χ4n) is 4.49. The molecule has 1 atom stereocenters. The SMILES string of the molecule is NC1CCN(C(c2ccc(-c3ccccc3)nc2)c2cn[nH]c2-c2ccccc2F)CC1. The van der Waals surface area contributed by atoms with Crippen LogP contribution in [0.1, 0.15) is 30.0 Å². The number of nitrogens with two attached hydrogens (primary N) is 1. The second kappa shape index (κ2) is 9.02. The molecule has 5 nitrogen and oxygen atoms in total. The molecule has 2 aromatic heterocycles. The summed E-state index contributed by atoms with van der Waals surface area (Å²) in [5.74, 6) is -0.269. The van der Waals surface area contributed by atoms with Gasteiger partial charge in [-0.25, -0.2) is 4.39 Å². The lowest BCUT2D eigenvalue weighted by atomic mass is 9.93. The van der Waals surface area contributed by atoms with Gasteiger partial charge in [-0.05, 0) is 36.6 Å². The number of H-pyrrole nitrogens is 1. The molecule has 1 saturated heterocycles. The van der Waals surface area contributed by atoms with Gasteiger partial charge in [-0.3, -0.25) is 15.0 Å². The highest BCUT2D eigenvalue weighted by Gasteiger charge is 2.30. The third-order valence-electron chi connectivity index (χ3n) is 6.22. The van der Waals surface area contributed by atoms with Gasteiger partial charge < -0.3 is 5.73 Å². The van der Waals surface area contributed by atoms with Crippen LogP contribution in [-0.2, 0) is 0 Å². The Morgan fingerprint density at radius 3 is 2.41 bits per heavy atom. The average Bonchev–Trinajstić information content (AvgIpc) is 3.31. The van der Waals surface area contributed by atoms with Crippen molar-refractivity contribution in [3.63, 3.8) is 0 Å². The molecule has 0 spiro atoms. The van der Waals surface area contributed by atoms with Crippen molar-refractivity contribution in [2.75, 3.05) is 13.1 Å². The molecule has 0 amide bonds. The largest absolute Gasteiger partial charge is 0.328 e. The molecule has 2 aromatic carbocycles. The van der Waals surface area contributed by atoms with Crippen LogP contribution in [0, 0.1) is 5.82 Å². The van der Waals surface area contributed by atoms with Crippen molar-refractivity contribution in [1.82, 2.24) is 20.1 Å². The molecule has 0 radical (unpaired) electrons. The number of nitrogens with zero attached hydrogens (tertiary/aromatic N) is 3. The van der Waals surface area contributed by atoms with Gasteiger partial charge in [-0.2, -0.15) is 5.10 Å². The van der Waals surface area contributed by atoms with E-state index >= 15 is 0 Å². The molecule has 3 N–H and O–H groups in total. The van der Waals surface area contributed by atoms with Gasteiger partial charge in [0.05, 0.1) is 23.6 Å². The van der Waals surface area contributed by atoms with Crippen LogP contribution in [0.15, 0.2) is 79.1 Å². The molecule has 5 rings (SSSR count). The Bertz CT molecular complexity index is 1160. The molecule has 1 unspecified atom stereocenters. The molecule has 1 aliphatic rings. The monoisotopic (exact) mass is 427 g/mol. The van der Waals surface area contributed by atoms with Gasteiger partial charge in [0, 0.05) is 42.0 Å². The first kappa shape index (κ1) is 20.5. The second-order valence-electron chi connectivity index (χ2n) is 8.30. The van der Waals surface area contributed by atoms with Gasteiger partial charge in [0.25, 0.3) is 0 Å². The lowest BCUT2D eigenvalue weighted by molar-refractivity contribution is 0.175. The number of aromatic amines is 1. The zero-order chi connectivity index (χ0) is 21.9. The van der Waals surface area contributed by atoms with E-state index in [1.807, 2.05) is 36.7 Å². The summed E-state index contributed by atoms with van der Waals surface area (Å²) in [5.41, 5.74) is 11.4. The average molecular weight is 428 g/mol. The molecule has 0 saturated carbocycles. The smallest absolute Gasteiger partial charge is 0.132 e. The molecular formula is C26H26FN5. The topological polar surface area (TPSA) is 70.8 Å². The summed E-state index contributed by atoms with van der Waals surface area (Å²) in [6.07, 6.45) is 5.60. The third-order valence-corrected chi connectivity index (χ3v) is 6.22. The highest BCUT2D eigenvalue weighted by atomic mass is 19.1. The van der Waals surface area contributed by atoms with Gasteiger partial charge in [-0.15, -0.1) is 0 Å². The molecule has 0 bridgehead atoms. The van der Waals surface area contributed by atoms with Crippen molar-refractivity contribution in [2.45, 2.75) is 24.9 Å². The lowest BCUT2D eigenvalue weighted by Gasteiger charge is -2.37. The third kappa shape index (κ3) is 4.07. The summed E-state index contributed by atoms with van der Waals surface area (Å²) in [6.45, 7) is 1.74. The highest BCUT2D eigenvalue weighted by molar-refractivity contribution is 5.65. The van der Waals surface area contributed by atoms with Crippen LogP contribution < -0.4 is 5.73 Å². The van der Waals surface area contributed by atoms with E-state index in [2.05, 4.69) is 39.4 Å². The number of rotatable bonds is 5. The standard InChI is InChI=1S/C26H26FN5/c27-23-9-5-4-8-21(23)25-22(17-30-31-25)26(32-14-12-20(28)13-15-32)19-10-11-24(29-16-19)18-6-2-1-3-7-18/h1-11,16-17,20,26H,12-15,28H2,(H,30,31). The quantitative estimate of drug-likeness (QED) is 0.480. The summed E-state index contributed by atoms with van der Waals surface area (Å²) < 4.78 is 14.6. The van der Waals surface area contributed by atoms with E-state index in [1.165, 1.54) is 6.07 Å². The predicted octanol–water partition coefficient (Wildman–Crippen LogP) is 4.79. The summed E-state index contributed by atoms with van der Waals surface area (Å²) in [5, 5.41) is 7.33. The summed E-state index contributed by atoms with van der Waals surface area (Å²) in [6, 6.07) is 21.2. The van der Waals surface area contributed by atoms with Crippen LogP contribution in [0.2, 0.25) is 0 Å². The van der Waals surface area contributed by atoms with Gasteiger partial charge in [0.15, 0.2) is 0 Å². The number of benzene rings is 2. The lowest BCUT2D eigenvalue weighted by Crippen LogP contribution is -2.42. The Morgan fingerprint density at radius 2 is 1.69 bits per heavy atom. The van der Waals surface area contributed by atoms with Crippen molar-refractivity contribution < 1.29 is 4.39 Å². The minimum absolute atomic E-state index is 0.0896. The van der Waals surface area contributed by atoms with Gasteiger partial charge in [-0.1, -0.05) is 48.5 Å². The first-order valence-electron chi connectivity index (χ1n) is 11.0. The summed E-state index contributed by atoms with van der Waals surface area (Å²) in [7, 11) is 0. The number of likely N-dealkylation sites (tertiary alicyclic amines) is 1. The fourth-order valence-corrected chi connectivity index (χ4v) is 4.49. The van der Waals surface area contributed by atoms with Crippen LogP contribution in [-0.4, -0.2) is 39.2 Å². The van der Waals surface area contributed by atoms with E-state index in [4.69, 9.17) is 10.7 Å².